The van der Waals surface area contributed by atoms with Gasteiger partial charge in [-0.2, -0.15) is 5.10 Å². The largest absolute Gasteiger partial charge is 0.393 e. The summed E-state index contributed by atoms with van der Waals surface area (Å²) in [6, 6.07) is 1.77. The van der Waals surface area contributed by atoms with Crippen molar-refractivity contribution in [2.75, 3.05) is 6.54 Å². The van der Waals surface area contributed by atoms with Crippen LogP contribution >= 0.6 is 0 Å². The molecular formula is C18H26N6O2. The summed E-state index contributed by atoms with van der Waals surface area (Å²) in [5.74, 6) is 1.64. The third-order valence-corrected chi connectivity index (χ3v) is 5.90. The number of hydrogen-bond donors (Lipinski definition) is 2. The van der Waals surface area contributed by atoms with Gasteiger partial charge in [-0.1, -0.05) is 6.42 Å². The van der Waals surface area contributed by atoms with Crippen molar-refractivity contribution in [1.29, 1.82) is 0 Å². The van der Waals surface area contributed by atoms with Crippen LogP contribution in [-0.2, 0) is 13.6 Å². The van der Waals surface area contributed by atoms with Gasteiger partial charge in [-0.15, -0.1) is 10.2 Å². The lowest BCUT2D eigenvalue weighted by Gasteiger charge is -2.25. The van der Waals surface area contributed by atoms with Crippen LogP contribution in [0.3, 0.4) is 0 Å². The molecule has 0 spiro atoms. The molecule has 0 saturated heterocycles. The van der Waals surface area contributed by atoms with E-state index in [1.54, 1.807) is 18.6 Å². The molecule has 2 N–H and O–H groups in total. The van der Waals surface area contributed by atoms with Crippen molar-refractivity contribution in [2.45, 2.75) is 50.7 Å². The van der Waals surface area contributed by atoms with E-state index in [9.17, 15) is 9.90 Å². The first-order chi connectivity index (χ1) is 12.6. The Bertz CT molecular complexity index is 765. The average Bonchev–Trinajstić information content (AvgIpc) is 3.28. The smallest absolute Gasteiger partial charge is 0.269 e. The molecule has 2 aromatic rings. The molecule has 2 fully saturated rings. The van der Waals surface area contributed by atoms with Crippen LogP contribution in [-0.4, -0.2) is 48.2 Å². The Hall–Kier alpha value is -2.22. The second-order valence-corrected chi connectivity index (χ2v) is 7.70. The van der Waals surface area contributed by atoms with Crippen LogP contribution in [0.2, 0.25) is 0 Å². The van der Waals surface area contributed by atoms with Gasteiger partial charge in [0.1, 0.15) is 17.8 Å². The number of aromatic nitrogens is 5. The molecule has 2 aliphatic carbocycles. The molecule has 0 radical (unpaired) electrons. The van der Waals surface area contributed by atoms with E-state index in [-0.39, 0.29) is 17.7 Å². The van der Waals surface area contributed by atoms with Crippen molar-refractivity contribution in [3.8, 4) is 0 Å². The monoisotopic (exact) mass is 358 g/mol. The number of aryl methyl sites for hydroxylation is 1. The van der Waals surface area contributed by atoms with E-state index in [4.69, 9.17) is 0 Å². The van der Waals surface area contributed by atoms with Crippen LogP contribution in [0.5, 0.6) is 0 Å². The maximum Gasteiger partial charge on any atom is 0.269 e. The molecule has 0 bridgehead atoms. The molecule has 140 valence electrons. The van der Waals surface area contributed by atoms with Gasteiger partial charge in [0.05, 0.1) is 6.10 Å². The number of nitrogens with zero attached hydrogens (tertiary/aromatic N) is 5. The Labute approximate surface area is 152 Å². The number of nitrogens with one attached hydrogen (secondary N) is 1. The Balaban J connectivity index is 1.33. The second-order valence-electron chi connectivity index (χ2n) is 7.70. The van der Waals surface area contributed by atoms with Crippen molar-refractivity contribution in [3.63, 3.8) is 0 Å². The molecule has 0 aromatic carbocycles. The molecule has 4 rings (SSSR count). The fourth-order valence-corrected chi connectivity index (χ4v) is 4.10. The number of carbonyl (C=O) groups excluding carboxylic acids is 1. The highest BCUT2D eigenvalue weighted by molar-refractivity contribution is 5.92. The summed E-state index contributed by atoms with van der Waals surface area (Å²) in [5, 5.41) is 25.7. The normalized spacial score (nSPS) is 26.0. The molecule has 26 heavy (non-hydrogen) atoms. The summed E-state index contributed by atoms with van der Waals surface area (Å²) < 4.78 is 3.71. The number of amides is 1. The van der Waals surface area contributed by atoms with Gasteiger partial charge in [-0.3, -0.25) is 9.48 Å². The van der Waals surface area contributed by atoms with E-state index in [0.717, 1.165) is 18.8 Å². The quantitative estimate of drug-likeness (QED) is 0.806. The number of hydrogen-bond acceptors (Lipinski definition) is 5. The van der Waals surface area contributed by atoms with Gasteiger partial charge in [0, 0.05) is 38.2 Å². The lowest BCUT2D eigenvalue weighted by atomic mass is 9.85. The maximum absolute atomic E-state index is 12.6. The second kappa shape index (κ2) is 7.19. The van der Waals surface area contributed by atoms with Crippen molar-refractivity contribution in [1.82, 2.24) is 29.9 Å². The van der Waals surface area contributed by atoms with Crippen LogP contribution < -0.4 is 5.32 Å². The molecule has 2 heterocycles. The Morgan fingerprint density at radius 1 is 1.38 bits per heavy atom. The van der Waals surface area contributed by atoms with E-state index in [1.807, 2.05) is 16.3 Å². The molecular weight excluding hydrogens is 332 g/mol. The SMILES string of the molecule is Cn1cnnc1[C@H]1C[C@H](CNC(=O)c2ccnn2CC2CCC2)[C@H](O)C1. The minimum atomic E-state index is -0.433. The summed E-state index contributed by atoms with van der Waals surface area (Å²) in [7, 11) is 1.92. The molecule has 0 aliphatic heterocycles. The third kappa shape index (κ3) is 3.38. The molecule has 0 unspecified atom stereocenters. The summed E-state index contributed by atoms with van der Waals surface area (Å²) >= 11 is 0. The minimum Gasteiger partial charge on any atom is -0.393 e. The maximum atomic E-state index is 12.6. The highest BCUT2D eigenvalue weighted by atomic mass is 16.3. The summed E-state index contributed by atoms with van der Waals surface area (Å²) in [6.07, 6.45) is 8.11. The number of rotatable bonds is 6. The molecule has 8 nitrogen and oxygen atoms in total. The van der Waals surface area contributed by atoms with E-state index >= 15 is 0 Å². The molecule has 2 aliphatic rings. The van der Waals surface area contributed by atoms with Crippen LogP contribution in [0.15, 0.2) is 18.6 Å². The van der Waals surface area contributed by atoms with Crippen LogP contribution in [0.25, 0.3) is 0 Å². The van der Waals surface area contributed by atoms with Gasteiger partial charge in [-0.25, -0.2) is 0 Å². The van der Waals surface area contributed by atoms with Gasteiger partial charge < -0.3 is 15.0 Å². The number of aliphatic hydroxyl groups excluding tert-OH is 1. The zero-order valence-electron chi connectivity index (χ0n) is 15.1. The first kappa shape index (κ1) is 17.2. The number of aliphatic hydroxyl groups is 1. The standard InChI is InChI=1S/C18H26N6O2/c1-23-11-20-22-17(23)13-7-14(16(25)8-13)9-19-18(26)15-5-6-21-24(15)10-12-3-2-4-12/h5-6,11-14,16,25H,2-4,7-10H2,1H3,(H,19,26)/t13-,14+,16+/m0/s1. The molecule has 8 heteroatoms. The lowest BCUT2D eigenvalue weighted by Crippen LogP contribution is -2.34. The molecule has 2 saturated carbocycles. The number of carbonyl (C=O) groups is 1. The summed E-state index contributed by atoms with van der Waals surface area (Å²) in [5.41, 5.74) is 0.606. The van der Waals surface area contributed by atoms with Gasteiger partial charge in [0.15, 0.2) is 0 Å². The summed E-state index contributed by atoms with van der Waals surface area (Å²) in [6.45, 7) is 1.28. The van der Waals surface area contributed by atoms with Gasteiger partial charge in [-0.05, 0) is 37.7 Å². The average molecular weight is 358 g/mol. The van der Waals surface area contributed by atoms with Crippen molar-refractivity contribution < 1.29 is 9.90 Å². The van der Waals surface area contributed by atoms with Crippen molar-refractivity contribution in [3.05, 3.63) is 30.1 Å². The minimum absolute atomic E-state index is 0.0312. The fourth-order valence-electron chi connectivity index (χ4n) is 4.10. The first-order valence-corrected chi connectivity index (χ1v) is 9.43. The Kier molecular flexibility index (Phi) is 4.76. The van der Waals surface area contributed by atoms with Gasteiger partial charge in [0.25, 0.3) is 5.91 Å². The highest BCUT2D eigenvalue weighted by Gasteiger charge is 2.36. The van der Waals surface area contributed by atoms with E-state index in [2.05, 4.69) is 20.6 Å². The third-order valence-electron chi connectivity index (χ3n) is 5.90. The van der Waals surface area contributed by atoms with Crippen LogP contribution in [0.4, 0.5) is 0 Å². The first-order valence-electron chi connectivity index (χ1n) is 9.43. The molecule has 3 atom stereocenters. The fraction of sp³-hybridized carbons (Fsp3) is 0.667. The van der Waals surface area contributed by atoms with E-state index in [1.165, 1.54) is 19.3 Å². The molecule has 2 aromatic heterocycles. The zero-order valence-corrected chi connectivity index (χ0v) is 15.1. The van der Waals surface area contributed by atoms with Gasteiger partial charge >= 0.3 is 0 Å². The van der Waals surface area contributed by atoms with Crippen molar-refractivity contribution >= 4 is 5.91 Å². The molecule has 1 amide bonds. The van der Waals surface area contributed by atoms with Crippen molar-refractivity contribution in [2.24, 2.45) is 18.9 Å². The summed E-state index contributed by atoms with van der Waals surface area (Å²) in [4.78, 5) is 12.6. The predicted molar refractivity (Wildman–Crippen MR) is 94.4 cm³/mol. The Morgan fingerprint density at radius 2 is 2.23 bits per heavy atom. The van der Waals surface area contributed by atoms with Crippen LogP contribution in [0, 0.1) is 11.8 Å². The van der Waals surface area contributed by atoms with E-state index in [0.29, 0.717) is 24.6 Å². The topological polar surface area (TPSA) is 97.9 Å². The Morgan fingerprint density at radius 3 is 2.92 bits per heavy atom. The predicted octanol–water partition coefficient (Wildman–Crippen LogP) is 1.10. The van der Waals surface area contributed by atoms with Gasteiger partial charge in [0.2, 0.25) is 0 Å². The highest BCUT2D eigenvalue weighted by Crippen LogP contribution is 2.37. The van der Waals surface area contributed by atoms with Crippen LogP contribution in [0.1, 0.15) is 54.3 Å². The lowest BCUT2D eigenvalue weighted by molar-refractivity contribution is 0.0903. The zero-order chi connectivity index (χ0) is 18.1. The van der Waals surface area contributed by atoms with E-state index < -0.39 is 6.10 Å².